The molecular formula is C16H23N3O. The van der Waals surface area contributed by atoms with Gasteiger partial charge >= 0.3 is 0 Å². The Morgan fingerprint density at radius 3 is 2.90 bits per heavy atom. The number of hydrogen-bond acceptors (Lipinski definition) is 3. The average molecular weight is 273 g/mol. The number of carbonyl (C=O) groups is 1. The fraction of sp³-hybridized carbons (Fsp3) is 0.562. The summed E-state index contributed by atoms with van der Waals surface area (Å²) in [7, 11) is 2.15. The molecular weight excluding hydrogens is 250 g/mol. The van der Waals surface area contributed by atoms with Crippen LogP contribution in [0.1, 0.15) is 34.8 Å². The summed E-state index contributed by atoms with van der Waals surface area (Å²) in [5.41, 5.74) is 3.44. The van der Waals surface area contributed by atoms with Gasteiger partial charge in [-0.15, -0.1) is 0 Å². The lowest BCUT2D eigenvalue weighted by molar-refractivity contribution is 0.0542. The number of amides is 1. The molecule has 0 bridgehead atoms. The molecule has 1 aromatic carbocycles. The van der Waals surface area contributed by atoms with Gasteiger partial charge in [-0.1, -0.05) is 13.0 Å². The van der Waals surface area contributed by atoms with E-state index in [0.29, 0.717) is 6.04 Å². The number of nitrogens with one attached hydrogen (secondary N) is 1. The normalized spacial score (nSPS) is 22.9. The maximum atomic E-state index is 12.7. The second-order valence-corrected chi connectivity index (χ2v) is 5.88. The largest absolute Gasteiger partial charge is 0.336 e. The van der Waals surface area contributed by atoms with Crippen LogP contribution in [0.5, 0.6) is 0 Å². The number of carbonyl (C=O) groups excluding carboxylic acids is 1. The fourth-order valence-electron chi connectivity index (χ4n) is 3.18. The predicted molar refractivity (Wildman–Crippen MR) is 79.6 cm³/mol. The van der Waals surface area contributed by atoms with Crippen LogP contribution < -0.4 is 5.32 Å². The minimum absolute atomic E-state index is 0.186. The predicted octanol–water partition coefficient (Wildman–Crippen LogP) is 1.46. The Morgan fingerprint density at radius 2 is 2.10 bits per heavy atom. The molecule has 0 radical (unpaired) electrons. The molecule has 4 heteroatoms. The Morgan fingerprint density at radius 1 is 1.30 bits per heavy atom. The van der Waals surface area contributed by atoms with E-state index < -0.39 is 0 Å². The maximum Gasteiger partial charge on any atom is 0.253 e. The first-order valence-corrected chi connectivity index (χ1v) is 7.51. The lowest BCUT2D eigenvalue weighted by Crippen LogP contribution is -2.52. The number of piperazine rings is 1. The zero-order valence-corrected chi connectivity index (χ0v) is 12.4. The molecule has 2 heterocycles. The lowest BCUT2D eigenvalue weighted by atomic mass is 10.0. The first-order chi connectivity index (χ1) is 9.69. The van der Waals surface area contributed by atoms with E-state index in [1.54, 1.807) is 0 Å². The maximum absolute atomic E-state index is 12.7. The summed E-state index contributed by atoms with van der Waals surface area (Å²) in [5, 5.41) is 3.32. The molecule has 3 rings (SSSR count). The Kier molecular flexibility index (Phi) is 3.76. The molecule has 2 aliphatic heterocycles. The van der Waals surface area contributed by atoms with Crippen molar-refractivity contribution in [1.82, 2.24) is 15.1 Å². The topological polar surface area (TPSA) is 35.6 Å². The summed E-state index contributed by atoms with van der Waals surface area (Å²) >= 11 is 0. The van der Waals surface area contributed by atoms with Crippen LogP contribution in [-0.2, 0) is 13.1 Å². The summed E-state index contributed by atoms with van der Waals surface area (Å²) in [5.74, 6) is 0.186. The van der Waals surface area contributed by atoms with Gasteiger partial charge in [0.1, 0.15) is 0 Å². The van der Waals surface area contributed by atoms with E-state index in [1.165, 1.54) is 11.1 Å². The van der Waals surface area contributed by atoms with Gasteiger partial charge in [0.05, 0.1) is 0 Å². The van der Waals surface area contributed by atoms with Crippen molar-refractivity contribution in [3.8, 4) is 0 Å². The third kappa shape index (κ3) is 2.45. The summed E-state index contributed by atoms with van der Waals surface area (Å²) < 4.78 is 0. The Labute approximate surface area is 120 Å². The highest BCUT2D eigenvalue weighted by Gasteiger charge is 2.27. The zero-order chi connectivity index (χ0) is 14.1. The molecule has 0 spiro atoms. The molecule has 0 aromatic heterocycles. The summed E-state index contributed by atoms with van der Waals surface area (Å²) in [6.07, 6.45) is 1.09. The van der Waals surface area contributed by atoms with E-state index in [-0.39, 0.29) is 5.91 Å². The third-order valence-electron chi connectivity index (χ3n) is 4.62. The molecule has 1 atom stereocenters. The van der Waals surface area contributed by atoms with Gasteiger partial charge in [-0.05, 0) is 36.7 Å². The van der Waals surface area contributed by atoms with Gasteiger partial charge in [0.15, 0.2) is 0 Å². The Hall–Kier alpha value is -1.39. The smallest absolute Gasteiger partial charge is 0.253 e. The molecule has 1 amide bonds. The van der Waals surface area contributed by atoms with Crippen LogP contribution in [0.2, 0.25) is 0 Å². The molecule has 1 unspecified atom stereocenters. The quantitative estimate of drug-likeness (QED) is 0.886. The number of nitrogens with zero attached hydrogens (tertiary/aromatic N) is 2. The van der Waals surface area contributed by atoms with Crippen molar-refractivity contribution in [3.05, 3.63) is 34.9 Å². The van der Waals surface area contributed by atoms with Crippen molar-refractivity contribution < 1.29 is 4.79 Å². The summed E-state index contributed by atoms with van der Waals surface area (Å²) in [6.45, 7) is 6.66. The minimum atomic E-state index is 0.186. The molecule has 1 N–H and O–H groups in total. The second-order valence-electron chi connectivity index (χ2n) is 5.88. The van der Waals surface area contributed by atoms with Gasteiger partial charge < -0.3 is 10.2 Å². The van der Waals surface area contributed by atoms with Gasteiger partial charge in [0.2, 0.25) is 0 Å². The molecule has 1 saturated heterocycles. The van der Waals surface area contributed by atoms with Gasteiger partial charge in [-0.25, -0.2) is 0 Å². The van der Waals surface area contributed by atoms with E-state index >= 15 is 0 Å². The van der Waals surface area contributed by atoms with Crippen LogP contribution in [0.3, 0.4) is 0 Å². The van der Waals surface area contributed by atoms with Crippen LogP contribution in [0.4, 0.5) is 0 Å². The highest BCUT2D eigenvalue weighted by molar-refractivity contribution is 5.94. The molecule has 0 saturated carbocycles. The SMILES string of the molecule is CCC1CN(C(=O)c2ccc3c(c2)CNC3)CCN1C. The van der Waals surface area contributed by atoms with Gasteiger partial charge in [0, 0.05) is 44.3 Å². The van der Waals surface area contributed by atoms with Crippen molar-refractivity contribution in [2.75, 3.05) is 26.7 Å². The Bertz CT molecular complexity index is 514. The van der Waals surface area contributed by atoms with E-state index in [0.717, 1.165) is 44.7 Å². The molecule has 1 fully saturated rings. The number of fused-ring (bicyclic) bond motifs is 1. The van der Waals surface area contributed by atoms with E-state index in [1.807, 2.05) is 11.0 Å². The first-order valence-electron chi connectivity index (χ1n) is 7.51. The van der Waals surface area contributed by atoms with Crippen LogP contribution in [0.25, 0.3) is 0 Å². The van der Waals surface area contributed by atoms with E-state index in [9.17, 15) is 4.79 Å². The van der Waals surface area contributed by atoms with Crippen LogP contribution in [-0.4, -0.2) is 48.4 Å². The first kappa shape index (κ1) is 13.6. The van der Waals surface area contributed by atoms with E-state index in [4.69, 9.17) is 0 Å². The highest BCUT2D eigenvalue weighted by atomic mass is 16.2. The summed E-state index contributed by atoms with van der Waals surface area (Å²) in [6, 6.07) is 6.63. The zero-order valence-electron chi connectivity index (χ0n) is 12.4. The molecule has 108 valence electrons. The van der Waals surface area contributed by atoms with Crippen molar-refractivity contribution in [3.63, 3.8) is 0 Å². The number of hydrogen-bond donors (Lipinski definition) is 1. The minimum Gasteiger partial charge on any atom is -0.336 e. The third-order valence-corrected chi connectivity index (χ3v) is 4.62. The van der Waals surface area contributed by atoms with Crippen LogP contribution in [0.15, 0.2) is 18.2 Å². The molecule has 4 nitrogen and oxygen atoms in total. The van der Waals surface area contributed by atoms with Gasteiger partial charge in [-0.2, -0.15) is 0 Å². The van der Waals surface area contributed by atoms with Gasteiger partial charge in [0.25, 0.3) is 5.91 Å². The second kappa shape index (κ2) is 5.54. The molecule has 0 aliphatic carbocycles. The summed E-state index contributed by atoms with van der Waals surface area (Å²) in [4.78, 5) is 17.0. The molecule has 20 heavy (non-hydrogen) atoms. The van der Waals surface area contributed by atoms with Crippen molar-refractivity contribution >= 4 is 5.91 Å². The van der Waals surface area contributed by atoms with Crippen molar-refractivity contribution in [1.29, 1.82) is 0 Å². The van der Waals surface area contributed by atoms with Crippen LogP contribution >= 0.6 is 0 Å². The standard InChI is InChI=1S/C16H23N3O/c1-3-15-11-19(7-6-18(15)2)16(20)12-4-5-13-9-17-10-14(13)8-12/h4-5,8,15,17H,3,6-7,9-11H2,1-2H3. The average Bonchev–Trinajstić information content (AvgIpc) is 2.94. The van der Waals surface area contributed by atoms with Gasteiger partial charge in [-0.3, -0.25) is 9.69 Å². The number of likely N-dealkylation sites (N-methyl/N-ethyl adjacent to an activating group) is 1. The monoisotopic (exact) mass is 273 g/mol. The lowest BCUT2D eigenvalue weighted by Gasteiger charge is -2.39. The Balaban J connectivity index is 1.75. The van der Waals surface area contributed by atoms with Crippen molar-refractivity contribution in [2.24, 2.45) is 0 Å². The number of benzene rings is 1. The highest BCUT2D eigenvalue weighted by Crippen LogP contribution is 2.19. The fourth-order valence-corrected chi connectivity index (χ4v) is 3.18. The number of rotatable bonds is 2. The molecule has 1 aromatic rings. The molecule has 2 aliphatic rings. The van der Waals surface area contributed by atoms with E-state index in [2.05, 4.69) is 36.3 Å². The van der Waals surface area contributed by atoms with Crippen LogP contribution in [0, 0.1) is 0 Å². The van der Waals surface area contributed by atoms with Crippen molar-refractivity contribution in [2.45, 2.75) is 32.5 Å².